The fraction of sp³-hybridized carbons (Fsp3) is 0.250. The number of benzene rings is 1. The van der Waals surface area contributed by atoms with Gasteiger partial charge in [-0.25, -0.2) is 9.97 Å². The van der Waals surface area contributed by atoms with E-state index in [1.54, 1.807) is 18.3 Å². The summed E-state index contributed by atoms with van der Waals surface area (Å²) < 4.78 is 46.3. The smallest absolute Gasteiger partial charge is 0.439 e. The summed E-state index contributed by atoms with van der Waals surface area (Å²) in [7, 11) is 3.83. The van der Waals surface area contributed by atoms with Crippen LogP contribution in [0.3, 0.4) is 0 Å². The fourth-order valence-corrected chi connectivity index (χ4v) is 2.99. The number of nitrogens with one attached hydrogen (secondary N) is 2. The van der Waals surface area contributed by atoms with Crippen molar-refractivity contribution in [3.8, 4) is 17.4 Å². The summed E-state index contributed by atoms with van der Waals surface area (Å²) in [6, 6.07) is 8.56. The first-order valence-electron chi connectivity index (χ1n) is 10.4. The summed E-state index contributed by atoms with van der Waals surface area (Å²) in [6.45, 7) is 7.81. The minimum Gasteiger partial charge on any atom is -0.439 e. The lowest BCUT2D eigenvalue weighted by molar-refractivity contribution is -0.274. The van der Waals surface area contributed by atoms with E-state index in [-0.39, 0.29) is 11.8 Å². The highest BCUT2D eigenvalue weighted by Crippen LogP contribution is 2.27. The van der Waals surface area contributed by atoms with Crippen LogP contribution in [0.2, 0.25) is 0 Å². The number of aromatic amines is 1. The molecule has 0 radical (unpaired) electrons. The molecule has 2 heterocycles. The topological polar surface area (TPSA) is 75.3 Å². The zero-order valence-corrected chi connectivity index (χ0v) is 19.3. The Kier molecular flexibility index (Phi) is 7.50. The van der Waals surface area contributed by atoms with Gasteiger partial charge in [-0.15, -0.1) is 13.2 Å². The van der Waals surface area contributed by atoms with Crippen molar-refractivity contribution in [1.82, 2.24) is 20.3 Å². The summed E-state index contributed by atoms with van der Waals surface area (Å²) in [4.78, 5) is 14.0. The molecule has 0 aliphatic carbocycles. The van der Waals surface area contributed by atoms with E-state index < -0.39 is 6.36 Å². The molecule has 0 saturated heterocycles. The van der Waals surface area contributed by atoms with Gasteiger partial charge < -0.3 is 24.7 Å². The van der Waals surface area contributed by atoms with E-state index in [1.807, 2.05) is 45.0 Å². The number of anilines is 1. The second kappa shape index (κ2) is 10.3. The van der Waals surface area contributed by atoms with Gasteiger partial charge in [0.05, 0.1) is 11.7 Å². The summed E-state index contributed by atoms with van der Waals surface area (Å²) in [5.74, 6) is 1.09. The van der Waals surface area contributed by atoms with Crippen molar-refractivity contribution in [3.05, 3.63) is 77.9 Å². The first kappa shape index (κ1) is 24.7. The Labute approximate surface area is 195 Å². The number of pyridine rings is 1. The van der Waals surface area contributed by atoms with E-state index in [4.69, 9.17) is 4.74 Å². The Morgan fingerprint density at radius 2 is 1.82 bits per heavy atom. The molecule has 3 aromatic rings. The molecule has 180 valence electrons. The van der Waals surface area contributed by atoms with Crippen molar-refractivity contribution in [2.75, 3.05) is 19.0 Å². The summed E-state index contributed by atoms with van der Waals surface area (Å²) in [5, 5.41) is 3.38. The third kappa shape index (κ3) is 6.77. The lowest BCUT2D eigenvalue weighted by Crippen LogP contribution is -2.17. The second-order valence-corrected chi connectivity index (χ2v) is 7.69. The molecular formula is C24H26F3N5O2. The van der Waals surface area contributed by atoms with Gasteiger partial charge >= 0.3 is 6.36 Å². The number of H-pyrrole nitrogens is 1. The zero-order chi connectivity index (χ0) is 24.9. The molecule has 34 heavy (non-hydrogen) atoms. The lowest BCUT2D eigenvalue weighted by atomic mass is 10.1. The van der Waals surface area contributed by atoms with Crippen molar-refractivity contribution in [1.29, 1.82) is 0 Å². The molecule has 1 aromatic carbocycles. The third-order valence-electron chi connectivity index (χ3n) is 4.77. The second-order valence-electron chi connectivity index (χ2n) is 7.69. The average Bonchev–Trinajstić information content (AvgIpc) is 3.14. The highest BCUT2D eigenvalue weighted by molar-refractivity contribution is 5.56. The van der Waals surface area contributed by atoms with Crippen LogP contribution < -0.4 is 19.7 Å². The molecule has 10 heteroatoms. The maximum Gasteiger partial charge on any atom is 0.573 e. The Bertz CT molecular complexity index is 1140. The first-order valence-corrected chi connectivity index (χ1v) is 10.4. The van der Waals surface area contributed by atoms with Crippen molar-refractivity contribution >= 4 is 12.0 Å². The number of hydrogen-bond donors (Lipinski definition) is 2. The number of ether oxygens (including phenoxy) is 2. The summed E-state index contributed by atoms with van der Waals surface area (Å²) in [5.41, 5.74) is 3.46. The summed E-state index contributed by atoms with van der Waals surface area (Å²) >= 11 is 0. The predicted octanol–water partition coefficient (Wildman–Crippen LogP) is 5.75. The number of aromatic nitrogens is 3. The maximum absolute atomic E-state index is 12.3. The molecule has 0 spiro atoms. The average molecular weight is 473 g/mol. The van der Waals surface area contributed by atoms with Gasteiger partial charge in [0.25, 0.3) is 0 Å². The normalized spacial score (nSPS) is 12.7. The molecule has 2 N–H and O–H groups in total. The molecule has 7 nitrogen and oxygen atoms in total. The molecule has 1 atom stereocenters. The third-order valence-corrected chi connectivity index (χ3v) is 4.77. The van der Waals surface area contributed by atoms with E-state index >= 15 is 0 Å². The van der Waals surface area contributed by atoms with Crippen molar-refractivity contribution < 1.29 is 22.6 Å². The number of rotatable bonds is 9. The number of nitrogens with zero attached hydrogens (tertiary/aromatic N) is 3. The van der Waals surface area contributed by atoms with Gasteiger partial charge in [-0.3, -0.25) is 0 Å². The number of alkyl halides is 3. The van der Waals surface area contributed by atoms with Crippen LogP contribution in [0.15, 0.2) is 60.9 Å². The number of hydrogen-bond acceptors (Lipinski definition) is 6. The van der Waals surface area contributed by atoms with Crippen molar-refractivity contribution in [3.63, 3.8) is 0 Å². The van der Waals surface area contributed by atoms with Gasteiger partial charge in [0.15, 0.2) is 0 Å². The van der Waals surface area contributed by atoms with Gasteiger partial charge in [0.2, 0.25) is 11.8 Å². The minimum atomic E-state index is -4.74. The monoisotopic (exact) mass is 473 g/mol. The molecule has 0 saturated carbocycles. The van der Waals surface area contributed by atoms with Crippen LogP contribution >= 0.6 is 0 Å². The Morgan fingerprint density at radius 3 is 2.35 bits per heavy atom. The van der Waals surface area contributed by atoms with Crippen LogP contribution in [0, 0.1) is 6.92 Å². The van der Waals surface area contributed by atoms with Gasteiger partial charge in [-0.2, -0.15) is 0 Å². The molecule has 0 aliphatic rings. The Balaban J connectivity index is 1.64. The van der Waals surface area contributed by atoms with Gasteiger partial charge in [-0.1, -0.05) is 12.6 Å². The van der Waals surface area contributed by atoms with Crippen LogP contribution in [0.5, 0.6) is 17.4 Å². The quantitative estimate of drug-likeness (QED) is 0.386. The number of allylic oxidation sites excluding steroid dienone is 1. The van der Waals surface area contributed by atoms with Crippen molar-refractivity contribution in [2.24, 2.45) is 0 Å². The zero-order valence-electron chi connectivity index (χ0n) is 19.3. The SMILES string of the molecule is C=C/C(=C\c1nc(N(C)C)[nH]c1C)NC(C)c1ccc(Oc2ccc(OC(F)(F)F)cc2)nc1. The lowest BCUT2D eigenvalue weighted by Gasteiger charge is -2.16. The van der Waals surface area contributed by atoms with Crippen LogP contribution in [-0.4, -0.2) is 35.4 Å². The number of imidazole rings is 1. The molecular weight excluding hydrogens is 447 g/mol. The molecule has 0 fully saturated rings. The van der Waals surface area contributed by atoms with Crippen molar-refractivity contribution in [2.45, 2.75) is 26.3 Å². The largest absolute Gasteiger partial charge is 0.573 e. The van der Waals surface area contributed by atoms with Gasteiger partial charge in [-0.05, 0) is 55.8 Å². The van der Waals surface area contributed by atoms with E-state index in [0.29, 0.717) is 11.6 Å². The van der Waals surface area contributed by atoms with E-state index in [1.165, 1.54) is 24.3 Å². The van der Waals surface area contributed by atoms with Crippen LogP contribution in [-0.2, 0) is 0 Å². The first-order chi connectivity index (χ1) is 16.0. The Hall–Kier alpha value is -3.95. The number of halogens is 3. The molecule has 0 bridgehead atoms. The predicted molar refractivity (Wildman–Crippen MR) is 125 cm³/mol. The van der Waals surface area contributed by atoms with Gasteiger partial charge in [0, 0.05) is 37.7 Å². The van der Waals surface area contributed by atoms with E-state index in [2.05, 4.69) is 31.6 Å². The molecule has 0 aliphatic heterocycles. The van der Waals surface area contributed by atoms with E-state index in [0.717, 1.165) is 28.6 Å². The standard InChI is InChI=1S/C24H26F3N5O2/c1-6-18(13-21-16(3)30-23(31-21)32(4)5)29-15(2)17-7-12-22(28-14-17)33-19-8-10-20(11-9-19)34-24(25,26)27/h6-15,29H,1H2,2-5H3,(H,30,31)/b18-13+. The molecule has 0 amide bonds. The highest BCUT2D eigenvalue weighted by atomic mass is 19.4. The van der Waals surface area contributed by atoms with Gasteiger partial charge in [0.1, 0.15) is 11.5 Å². The van der Waals surface area contributed by atoms with Crippen LogP contribution in [0.4, 0.5) is 19.1 Å². The Morgan fingerprint density at radius 1 is 1.15 bits per heavy atom. The minimum absolute atomic E-state index is 0.0860. The highest BCUT2D eigenvalue weighted by Gasteiger charge is 2.31. The fourth-order valence-electron chi connectivity index (χ4n) is 2.99. The van der Waals surface area contributed by atoms with Crippen LogP contribution in [0.1, 0.15) is 29.9 Å². The number of aryl methyl sites for hydroxylation is 1. The maximum atomic E-state index is 12.3. The molecule has 3 rings (SSSR count). The summed E-state index contributed by atoms with van der Waals surface area (Å²) in [6.07, 6.45) is 0.562. The molecule has 1 unspecified atom stereocenters. The van der Waals surface area contributed by atoms with Crippen LogP contribution in [0.25, 0.3) is 6.08 Å². The molecule has 2 aromatic heterocycles. The van der Waals surface area contributed by atoms with E-state index in [9.17, 15) is 13.2 Å².